The van der Waals surface area contributed by atoms with Gasteiger partial charge in [-0.05, 0) is 32.4 Å². The van der Waals surface area contributed by atoms with Crippen LogP contribution in [-0.4, -0.2) is 30.1 Å². The highest BCUT2D eigenvalue weighted by molar-refractivity contribution is 5.05. The summed E-state index contributed by atoms with van der Waals surface area (Å²) >= 11 is 0. The van der Waals surface area contributed by atoms with Gasteiger partial charge in [-0.15, -0.1) is 0 Å². The highest BCUT2D eigenvalue weighted by atomic mass is 16.3. The highest BCUT2D eigenvalue weighted by Crippen LogP contribution is 2.25. The number of nitrogens with one attached hydrogen (secondary N) is 1. The molecular weight excluding hydrogens is 200 g/mol. The first-order valence-electron chi connectivity index (χ1n) is 6.17. The van der Waals surface area contributed by atoms with E-state index < -0.39 is 0 Å². The van der Waals surface area contributed by atoms with E-state index in [2.05, 4.69) is 37.1 Å². The minimum atomic E-state index is 0.249. The largest absolute Gasteiger partial charge is 0.468 e. The van der Waals surface area contributed by atoms with Crippen LogP contribution in [-0.2, 0) is 0 Å². The summed E-state index contributed by atoms with van der Waals surface area (Å²) in [6.07, 6.45) is 2.92. The van der Waals surface area contributed by atoms with Crippen LogP contribution < -0.4 is 5.32 Å². The number of piperazine rings is 1. The van der Waals surface area contributed by atoms with Gasteiger partial charge in [0.05, 0.1) is 12.3 Å². The van der Waals surface area contributed by atoms with E-state index in [1.54, 1.807) is 6.26 Å². The topological polar surface area (TPSA) is 28.4 Å². The SMILES string of the molecule is CCC1(C)CN(C(C)c2ccco2)CCN1. The molecule has 2 rings (SSSR count). The lowest BCUT2D eigenvalue weighted by molar-refractivity contribution is 0.0950. The molecule has 0 radical (unpaired) electrons. The molecule has 1 aliphatic rings. The molecule has 2 atom stereocenters. The second-order valence-electron chi connectivity index (χ2n) is 5.00. The number of nitrogens with zero attached hydrogens (tertiary/aromatic N) is 1. The van der Waals surface area contributed by atoms with E-state index in [0.717, 1.165) is 31.8 Å². The summed E-state index contributed by atoms with van der Waals surface area (Å²) < 4.78 is 5.49. The fourth-order valence-corrected chi connectivity index (χ4v) is 2.36. The third-order valence-corrected chi connectivity index (χ3v) is 3.79. The van der Waals surface area contributed by atoms with Crippen molar-refractivity contribution in [2.45, 2.75) is 38.8 Å². The van der Waals surface area contributed by atoms with Gasteiger partial charge in [0, 0.05) is 25.2 Å². The molecule has 2 heterocycles. The molecule has 3 nitrogen and oxygen atoms in total. The Morgan fingerprint density at radius 2 is 2.44 bits per heavy atom. The van der Waals surface area contributed by atoms with E-state index >= 15 is 0 Å². The number of hydrogen-bond acceptors (Lipinski definition) is 3. The van der Waals surface area contributed by atoms with Crippen LogP contribution in [0.2, 0.25) is 0 Å². The van der Waals surface area contributed by atoms with E-state index in [0.29, 0.717) is 6.04 Å². The fraction of sp³-hybridized carbons (Fsp3) is 0.692. The first kappa shape index (κ1) is 11.7. The standard InChI is InChI=1S/C13H22N2O/c1-4-13(3)10-15(8-7-14-13)11(2)12-6-5-9-16-12/h5-6,9,11,14H,4,7-8,10H2,1-3H3. The third-order valence-electron chi connectivity index (χ3n) is 3.79. The van der Waals surface area contributed by atoms with Crippen LogP contribution in [0.25, 0.3) is 0 Å². The summed E-state index contributed by atoms with van der Waals surface area (Å²) in [5, 5.41) is 3.60. The van der Waals surface area contributed by atoms with Crippen molar-refractivity contribution in [2.24, 2.45) is 0 Å². The highest BCUT2D eigenvalue weighted by Gasteiger charge is 2.31. The van der Waals surface area contributed by atoms with Gasteiger partial charge in [-0.2, -0.15) is 0 Å². The van der Waals surface area contributed by atoms with Gasteiger partial charge in [-0.3, -0.25) is 4.90 Å². The zero-order valence-corrected chi connectivity index (χ0v) is 10.5. The van der Waals surface area contributed by atoms with Crippen LogP contribution in [0.4, 0.5) is 0 Å². The van der Waals surface area contributed by atoms with Crippen molar-refractivity contribution in [1.82, 2.24) is 10.2 Å². The van der Waals surface area contributed by atoms with E-state index in [1.807, 2.05) is 6.07 Å². The van der Waals surface area contributed by atoms with E-state index in [1.165, 1.54) is 0 Å². The Bertz CT molecular complexity index is 323. The van der Waals surface area contributed by atoms with Crippen LogP contribution in [0.1, 0.15) is 39.0 Å². The second kappa shape index (κ2) is 4.60. The second-order valence-corrected chi connectivity index (χ2v) is 5.00. The first-order valence-corrected chi connectivity index (χ1v) is 6.17. The summed E-state index contributed by atoms with van der Waals surface area (Å²) in [7, 11) is 0. The molecule has 1 N–H and O–H groups in total. The van der Waals surface area contributed by atoms with Crippen molar-refractivity contribution in [3.8, 4) is 0 Å². The van der Waals surface area contributed by atoms with Crippen molar-refractivity contribution in [2.75, 3.05) is 19.6 Å². The third kappa shape index (κ3) is 2.30. The zero-order valence-electron chi connectivity index (χ0n) is 10.5. The number of furan rings is 1. The summed E-state index contributed by atoms with van der Waals surface area (Å²) in [6, 6.07) is 4.41. The average Bonchev–Trinajstić information content (AvgIpc) is 2.82. The quantitative estimate of drug-likeness (QED) is 0.851. The summed E-state index contributed by atoms with van der Waals surface area (Å²) in [5.41, 5.74) is 0.249. The Kier molecular flexibility index (Phi) is 3.36. The molecule has 1 aromatic heterocycles. The average molecular weight is 222 g/mol. The molecule has 0 aromatic carbocycles. The van der Waals surface area contributed by atoms with Crippen LogP contribution in [0.15, 0.2) is 22.8 Å². The van der Waals surface area contributed by atoms with Gasteiger partial charge in [0.2, 0.25) is 0 Å². The Balaban J connectivity index is 2.04. The molecule has 0 aliphatic carbocycles. The van der Waals surface area contributed by atoms with E-state index in [-0.39, 0.29) is 5.54 Å². The van der Waals surface area contributed by atoms with Gasteiger partial charge in [0.25, 0.3) is 0 Å². The molecule has 1 aliphatic heterocycles. The minimum Gasteiger partial charge on any atom is -0.468 e. The molecule has 0 spiro atoms. The maximum absolute atomic E-state index is 5.49. The number of rotatable bonds is 3. The molecule has 0 saturated carbocycles. The van der Waals surface area contributed by atoms with Crippen molar-refractivity contribution < 1.29 is 4.42 Å². The van der Waals surface area contributed by atoms with Crippen LogP contribution in [0, 0.1) is 0 Å². The monoisotopic (exact) mass is 222 g/mol. The molecule has 16 heavy (non-hydrogen) atoms. The molecule has 0 bridgehead atoms. The van der Waals surface area contributed by atoms with Gasteiger partial charge in [0.15, 0.2) is 0 Å². The predicted molar refractivity (Wildman–Crippen MR) is 65.4 cm³/mol. The summed E-state index contributed by atoms with van der Waals surface area (Å²) in [5.74, 6) is 1.07. The molecule has 1 saturated heterocycles. The predicted octanol–water partition coefficient (Wildman–Crippen LogP) is 2.41. The Morgan fingerprint density at radius 1 is 1.62 bits per heavy atom. The molecule has 1 aromatic rings. The maximum atomic E-state index is 5.49. The molecule has 2 unspecified atom stereocenters. The molecule has 90 valence electrons. The Hall–Kier alpha value is -0.800. The lowest BCUT2D eigenvalue weighted by Gasteiger charge is -2.43. The van der Waals surface area contributed by atoms with Gasteiger partial charge < -0.3 is 9.73 Å². The van der Waals surface area contributed by atoms with Gasteiger partial charge in [0.1, 0.15) is 5.76 Å². The molecule has 1 fully saturated rings. The van der Waals surface area contributed by atoms with Gasteiger partial charge in [-0.25, -0.2) is 0 Å². The van der Waals surface area contributed by atoms with Gasteiger partial charge >= 0.3 is 0 Å². The fourth-order valence-electron chi connectivity index (χ4n) is 2.36. The smallest absolute Gasteiger partial charge is 0.120 e. The van der Waals surface area contributed by atoms with Crippen molar-refractivity contribution in [3.63, 3.8) is 0 Å². The zero-order chi connectivity index (χ0) is 11.6. The lowest BCUT2D eigenvalue weighted by Crippen LogP contribution is -2.58. The van der Waals surface area contributed by atoms with Crippen molar-refractivity contribution in [3.05, 3.63) is 24.2 Å². The van der Waals surface area contributed by atoms with Crippen molar-refractivity contribution in [1.29, 1.82) is 0 Å². The van der Waals surface area contributed by atoms with Crippen LogP contribution >= 0.6 is 0 Å². The number of hydrogen-bond donors (Lipinski definition) is 1. The maximum Gasteiger partial charge on any atom is 0.120 e. The normalized spacial score (nSPS) is 29.2. The van der Waals surface area contributed by atoms with Crippen molar-refractivity contribution >= 4 is 0 Å². The summed E-state index contributed by atoms with van der Waals surface area (Å²) in [4.78, 5) is 2.50. The van der Waals surface area contributed by atoms with E-state index in [9.17, 15) is 0 Å². The molecular formula is C13H22N2O. The van der Waals surface area contributed by atoms with E-state index in [4.69, 9.17) is 4.42 Å². The van der Waals surface area contributed by atoms with Crippen LogP contribution in [0.5, 0.6) is 0 Å². The van der Waals surface area contributed by atoms with Crippen LogP contribution in [0.3, 0.4) is 0 Å². The Morgan fingerprint density at radius 3 is 3.06 bits per heavy atom. The lowest BCUT2D eigenvalue weighted by atomic mass is 9.95. The minimum absolute atomic E-state index is 0.249. The van der Waals surface area contributed by atoms with Gasteiger partial charge in [-0.1, -0.05) is 6.92 Å². The summed E-state index contributed by atoms with van der Waals surface area (Å²) in [6.45, 7) is 10.0. The first-order chi connectivity index (χ1) is 7.64. The Labute approximate surface area is 97.8 Å². The molecule has 0 amide bonds. The molecule has 3 heteroatoms.